The Morgan fingerprint density at radius 2 is 0.833 bits per heavy atom. The predicted molar refractivity (Wildman–Crippen MR) is 451 cm³/mol. The van der Waals surface area contributed by atoms with Gasteiger partial charge in [0.1, 0.15) is 52.1 Å². The molecule has 0 bridgehead atoms. The number of hydrogen-bond donors (Lipinski definition) is 14. The number of aliphatic hydroxyl groups is 2. The van der Waals surface area contributed by atoms with Gasteiger partial charge in [0.25, 0.3) is 0 Å². The summed E-state index contributed by atoms with van der Waals surface area (Å²) in [5.74, 6) is 4.99. The predicted octanol–water partition coefficient (Wildman–Crippen LogP) is 13.2. The number of aromatic nitrogens is 9. The number of aryl methyl sites for hydroxylation is 3. The van der Waals surface area contributed by atoms with E-state index in [-0.39, 0.29) is 58.8 Å². The number of aliphatic imine (C=N–C) groups is 1. The van der Waals surface area contributed by atoms with Crippen LogP contribution < -0.4 is 42.5 Å². The molecule has 114 heavy (non-hydrogen) atoms. The molecule has 10 heterocycles. The maximum atomic E-state index is 13.7. The first-order valence-electron chi connectivity index (χ1n) is 38.7. The number of nitrogens with one attached hydrogen (secondary N) is 8. The zero-order valence-corrected chi connectivity index (χ0v) is 64.8. The minimum atomic E-state index is -0.824. The van der Waals surface area contributed by atoms with Gasteiger partial charge in [0.15, 0.2) is 23.3 Å². The van der Waals surface area contributed by atoms with Gasteiger partial charge >= 0.3 is 0 Å². The topological polar surface area (TPSA) is 338 Å². The van der Waals surface area contributed by atoms with Crippen LogP contribution in [0.2, 0.25) is 0 Å². The van der Waals surface area contributed by atoms with E-state index in [0.717, 1.165) is 143 Å². The van der Waals surface area contributed by atoms with E-state index < -0.39 is 11.2 Å². The Hall–Kier alpha value is -12.1. The van der Waals surface area contributed by atoms with Gasteiger partial charge in [-0.3, -0.25) is 4.99 Å². The molecule has 0 saturated carbocycles. The summed E-state index contributed by atoms with van der Waals surface area (Å²) >= 11 is 0. The summed E-state index contributed by atoms with van der Waals surface area (Å²) < 4.78 is 15.7. The minimum absolute atomic E-state index is 0.0130. The van der Waals surface area contributed by atoms with Gasteiger partial charge in [0.2, 0.25) is 0 Å². The van der Waals surface area contributed by atoms with Crippen molar-refractivity contribution in [1.29, 1.82) is 0 Å². The molecule has 0 aliphatic carbocycles. The van der Waals surface area contributed by atoms with Gasteiger partial charge in [-0.25, -0.2) is 44.3 Å². The quantitative estimate of drug-likeness (QED) is 0.0427. The van der Waals surface area contributed by atoms with Crippen molar-refractivity contribution in [3.8, 4) is 79.7 Å². The molecule has 0 unspecified atom stereocenters. The van der Waals surface area contributed by atoms with Gasteiger partial charge < -0.3 is 77.7 Å². The molecular formula is C89H95FN18O6. The van der Waals surface area contributed by atoms with E-state index in [1.54, 1.807) is 30.3 Å². The number of fused-ring (bicyclic) bond motifs is 4. The second-order valence-electron chi connectivity index (χ2n) is 31.0. The summed E-state index contributed by atoms with van der Waals surface area (Å²) in [6.45, 7) is 18.6. The Labute approximate surface area is 660 Å². The molecular weight excluding hydrogens is 1440 g/mol. The van der Waals surface area contributed by atoms with Crippen molar-refractivity contribution in [3.05, 3.63) is 217 Å². The number of benzene rings is 8. The van der Waals surface area contributed by atoms with Crippen LogP contribution in [-0.2, 0) is 7.05 Å². The molecule has 4 fully saturated rings. The third-order valence-corrected chi connectivity index (χ3v) is 21.5. The first-order valence-corrected chi connectivity index (χ1v) is 38.7. The number of allylic oxidation sites excluding steroid dienone is 1. The summed E-state index contributed by atoms with van der Waals surface area (Å²) in [7, 11) is 1.99. The van der Waals surface area contributed by atoms with Crippen LogP contribution in [0.1, 0.15) is 57.2 Å². The fourth-order valence-corrected chi connectivity index (χ4v) is 15.4. The van der Waals surface area contributed by atoms with Gasteiger partial charge in [-0.15, -0.1) is 0 Å². The zero-order chi connectivity index (χ0) is 79.4. The second-order valence-corrected chi connectivity index (χ2v) is 31.0. The van der Waals surface area contributed by atoms with E-state index in [2.05, 4.69) is 74.7 Å². The standard InChI is InChI=1S/C25H27N5O2.C23H23N5O.C22H26N4O2.C19H19FN4O/c1-25(2,32)18-13-26-14-21(18)29-23-16-6-3-4-7-20(16)28-24(30-23)17-12-15(9-10-22(17)31)19-8-5-11-27-19;1-28-11-9-16(14-28)15-6-7-21(29)19(12-15)23-26-20-5-3-2-4-18(20)22(27-23)25-17-8-10-24-13-17;1-13-8-9-19(27)15(10-13)21-24-17-7-5-4-6-14(17)20(26-21)25-18-12-23-11-16(18)22(2,3)28;1-11-2-5-17(25)15(8-11)19-23-16-9-12(20)3-4-14(16)18(24-19)22-13-6-7-21-10-13/h3-10,12,18,21,26,31-32H,11,13-14H2,1-2H3,(H,28,29,30);2-7,9,11-12,14,17,24,29H,8,10,13H2,1H3,(H,25,26,27);4-10,16,18,23,27-28H,11-12H2,1-3H3,(H,24,25,26);2-5,8-9,13,21,25H,6-7,10H2,1H3,(H,22,23,24)/t18-,21-;17-;16-,18-;13-/m1010/s1. The minimum Gasteiger partial charge on any atom is -0.507 e. The lowest BCUT2D eigenvalue weighted by atomic mass is 9.87. The number of hydrogen-bond acceptors (Lipinski definition) is 23. The van der Waals surface area contributed by atoms with E-state index >= 15 is 0 Å². The molecule has 5 aliphatic heterocycles. The number of aromatic hydroxyl groups is 4. The molecule has 8 aromatic carbocycles. The second kappa shape index (κ2) is 33.3. The highest BCUT2D eigenvalue weighted by Gasteiger charge is 2.40. The lowest BCUT2D eigenvalue weighted by molar-refractivity contribution is 0.0214. The van der Waals surface area contributed by atoms with Crippen LogP contribution in [0.5, 0.6) is 23.0 Å². The smallest absolute Gasteiger partial charge is 0.165 e. The van der Waals surface area contributed by atoms with E-state index in [1.165, 1.54) is 12.1 Å². The molecule has 4 saturated heterocycles. The van der Waals surface area contributed by atoms with Crippen molar-refractivity contribution >= 4 is 72.6 Å². The summed E-state index contributed by atoms with van der Waals surface area (Å²) in [6, 6.07) is 52.5. The van der Waals surface area contributed by atoms with Crippen LogP contribution in [0.3, 0.4) is 0 Å². The molecule has 5 aromatic heterocycles. The van der Waals surface area contributed by atoms with Crippen LogP contribution in [0.25, 0.3) is 100 Å². The fraction of sp³-hybridized carbons (Fsp3) is 0.292. The number of phenolic OH excluding ortho intramolecular Hbond substituents is 4. The molecule has 0 amide bonds. The molecule has 14 N–H and O–H groups in total. The Morgan fingerprint density at radius 3 is 1.25 bits per heavy atom. The van der Waals surface area contributed by atoms with E-state index in [1.807, 2.05) is 193 Å². The number of anilines is 4. The van der Waals surface area contributed by atoms with E-state index in [9.17, 15) is 35.0 Å². The van der Waals surface area contributed by atoms with Gasteiger partial charge in [-0.2, -0.15) is 0 Å². The SMILES string of the molecule is CC(C)(O)[C@@H]1CNC[C@H]1Nc1nc(-c2cc(C3=NCC=C3)ccc2O)nc2ccccc12.Cc1ccc(O)c(-c2nc(N[C@@H]3CNC[C@H]3C(C)(C)O)c3ccccc3n2)c1.Cc1ccc(O)c(-c2nc(N[C@H]3CCNC3)c3ccc(F)cc3n2)c1.Cn1ccc(-c2ccc(O)c(-c3nc(N[C@H]4CCNC4)c4ccccc4n3)c2)c1. The normalized spacial score (nSPS) is 18.6. The zero-order valence-electron chi connectivity index (χ0n) is 64.8. The Morgan fingerprint density at radius 1 is 0.421 bits per heavy atom. The number of rotatable bonds is 16. The number of halogens is 1. The first kappa shape index (κ1) is 77.2. The summed E-state index contributed by atoms with van der Waals surface area (Å²) in [5, 5.41) is 93.9. The van der Waals surface area contributed by atoms with Crippen molar-refractivity contribution < 1.29 is 35.0 Å². The van der Waals surface area contributed by atoms with E-state index in [0.29, 0.717) is 81.1 Å². The molecule has 24 nitrogen and oxygen atoms in total. The monoisotopic (exact) mass is 1530 g/mol. The van der Waals surface area contributed by atoms with Crippen molar-refractivity contribution in [2.24, 2.45) is 23.9 Å². The third-order valence-electron chi connectivity index (χ3n) is 21.5. The molecule has 25 heteroatoms. The largest absolute Gasteiger partial charge is 0.507 e. The lowest BCUT2D eigenvalue weighted by Crippen LogP contribution is -2.42. The molecule has 5 aliphatic rings. The molecule has 6 atom stereocenters. The van der Waals surface area contributed by atoms with Crippen LogP contribution in [0, 0.1) is 31.5 Å². The molecule has 13 aromatic rings. The van der Waals surface area contributed by atoms with Crippen LogP contribution in [0.4, 0.5) is 27.7 Å². The van der Waals surface area contributed by atoms with Crippen molar-refractivity contribution in [2.75, 3.05) is 80.2 Å². The van der Waals surface area contributed by atoms with E-state index in [4.69, 9.17) is 24.9 Å². The highest BCUT2D eigenvalue weighted by atomic mass is 19.1. The van der Waals surface area contributed by atoms with Crippen molar-refractivity contribution in [2.45, 2.75) is 89.8 Å². The highest BCUT2D eigenvalue weighted by Crippen LogP contribution is 2.39. The summed E-state index contributed by atoms with van der Waals surface area (Å²) in [5.41, 5.74) is 9.60. The summed E-state index contributed by atoms with van der Waals surface area (Å²) in [6.07, 6.45) is 10.1. The Kier molecular flexibility index (Phi) is 22.6. The van der Waals surface area contributed by atoms with Crippen LogP contribution in [0.15, 0.2) is 199 Å². The van der Waals surface area contributed by atoms with Crippen molar-refractivity contribution in [1.82, 2.24) is 65.7 Å². The maximum Gasteiger partial charge on any atom is 0.165 e. The highest BCUT2D eigenvalue weighted by molar-refractivity contribution is 6.10. The van der Waals surface area contributed by atoms with Crippen molar-refractivity contribution in [3.63, 3.8) is 0 Å². The van der Waals surface area contributed by atoms with Gasteiger partial charge in [-0.05, 0) is 194 Å². The fourth-order valence-electron chi connectivity index (χ4n) is 15.4. The Balaban J connectivity index is 0.000000120. The summed E-state index contributed by atoms with van der Waals surface area (Å²) in [4.78, 5) is 42.2. The molecule has 0 spiro atoms. The number of phenols is 4. The molecule has 584 valence electrons. The van der Waals surface area contributed by atoms with Gasteiger partial charge in [0, 0.05) is 128 Å². The number of nitrogens with zero attached hydrogens (tertiary/aromatic N) is 10. The van der Waals surface area contributed by atoms with Crippen LogP contribution >= 0.6 is 0 Å². The average Bonchev–Trinajstić information content (AvgIpc) is 1.08. The molecule has 0 radical (unpaired) electrons. The number of para-hydroxylation sites is 3. The van der Waals surface area contributed by atoms with Crippen LogP contribution in [-0.4, -0.2) is 175 Å². The lowest BCUT2D eigenvalue weighted by Gasteiger charge is -2.31. The first-order chi connectivity index (χ1) is 55.0. The van der Waals surface area contributed by atoms with Gasteiger partial charge in [-0.1, -0.05) is 71.8 Å². The molecule has 18 rings (SSSR count). The third kappa shape index (κ3) is 17.6. The Bertz CT molecular complexity index is 5750. The van der Waals surface area contributed by atoms with Gasteiger partial charge in [0.05, 0.1) is 67.8 Å². The average molecular weight is 1530 g/mol. The maximum absolute atomic E-state index is 13.7.